The Morgan fingerprint density at radius 1 is 1.14 bits per heavy atom. The van der Waals surface area contributed by atoms with Gasteiger partial charge in [-0.05, 0) is 30.3 Å². The van der Waals surface area contributed by atoms with E-state index < -0.39 is 5.91 Å². The van der Waals surface area contributed by atoms with Gasteiger partial charge in [-0.3, -0.25) is 4.79 Å². The third kappa shape index (κ3) is 4.33. The molecule has 110 valence electrons. The van der Waals surface area contributed by atoms with Gasteiger partial charge in [0.25, 0.3) is 0 Å². The Bertz CT molecular complexity index is 606. The average Bonchev–Trinajstić information content (AvgIpc) is 2.47. The summed E-state index contributed by atoms with van der Waals surface area (Å²) in [6.07, 6.45) is 0. The van der Waals surface area contributed by atoms with E-state index in [1.54, 1.807) is 24.3 Å². The lowest BCUT2D eigenvalue weighted by Gasteiger charge is -2.13. The van der Waals surface area contributed by atoms with E-state index in [0.717, 1.165) is 17.9 Å². The molecule has 2 aromatic rings. The normalized spacial score (nSPS) is 10.6. The van der Waals surface area contributed by atoms with Crippen LogP contribution in [-0.2, 0) is 6.54 Å². The summed E-state index contributed by atoms with van der Waals surface area (Å²) < 4.78 is 5.88. The maximum Gasteiger partial charge on any atom is 0.248 e. The molecule has 0 aliphatic rings. The summed E-state index contributed by atoms with van der Waals surface area (Å²) in [5.74, 6) is 1.04. The van der Waals surface area contributed by atoms with E-state index in [0.29, 0.717) is 17.4 Å². The predicted octanol–water partition coefficient (Wildman–Crippen LogP) is 3.08. The largest absolute Gasteiger partial charge is 0.457 e. The van der Waals surface area contributed by atoms with E-state index in [1.165, 1.54) is 0 Å². The molecule has 0 saturated heterocycles. The number of hydrogen-bond donors (Lipinski definition) is 2. The van der Waals surface area contributed by atoms with Gasteiger partial charge in [-0.2, -0.15) is 0 Å². The Morgan fingerprint density at radius 3 is 2.43 bits per heavy atom. The van der Waals surface area contributed by atoms with Crippen molar-refractivity contribution in [1.82, 2.24) is 5.32 Å². The number of nitrogens with one attached hydrogen (secondary N) is 1. The molecule has 0 heterocycles. The van der Waals surface area contributed by atoms with Crippen molar-refractivity contribution < 1.29 is 9.53 Å². The second kappa shape index (κ2) is 6.90. The number of carbonyl (C=O) groups is 1. The molecule has 3 N–H and O–H groups in total. The van der Waals surface area contributed by atoms with Gasteiger partial charge in [0, 0.05) is 23.7 Å². The van der Waals surface area contributed by atoms with E-state index in [-0.39, 0.29) is 0 Å². The van der Waals surface area contributed by atoms with Gasteiger partial charge in [-0.25, -0.2) is 0 Å². The molecule has 2 aromatic carbocycles. The fourth-order valence-corrected chi connectivity index (χ4v) is 1.88. The van der Waals surface area contributed by atoms with Crippen LogP contribution in [0.15, 0.2) is 48.5 Å². The maximum atomic E-state index is 11.0. The fraction of sp³-hybridized carbons (Fsp3) is 0.235. The molecule has 21 heavy (non-hydrogen) atoms. The zero-order chi connectivity index (χ0) is 15.2. The van der Waals surface area contributed by atoms with Crippen LogP contribution in [0.2, 0.25) is 0 Å². The number of rotatable bonds is 6. The average molecular weight is 284 g/mol. The SMILES string of the molecule is CC(C)NCc1ccccc1Oc1ccc(C(N)=O)cc1. The summed E-state index contributed by atoms with van der Waals surface area (Å²) in [4.78, 5) is 11.0. The van der Waals surface area contributed by atoms with E-state index in [1.807, 2.05) is 24.3 Å². The topological polar surface area (TPSA) is 64.3 Å². The first kappa shape index (κ1) is 15.1. The molecule has 0 aliphatic carbocycles. The maximum absolute atomic E-state index is 11.0. The zero-order valence-electron chi connectivity index (χ0n) is 12.3. The highest BCUT2D eigenvalue weighted by Gasteiger charge is 2.06. The summed E-state index contributed by atoms with van der Waals surface area (Å²) in [6.45, 7) is 4.95. The third-order valence-electron chi connectivity index (χ3n) is 3.04. The highest BCUT2D eigenvalue weighted by atomic mass is 16.5. The summed E-state index contributed by atoms with van der Waals surface area (Å²) in [6, 6.07) is 15.1. The van der Waals surface area contributed by atoms with Crippen molar-refractivity contribution in [2.24, 2.45) is 5.73 Å². The van der Waals surface area contributed by atoms with Gasteiger partial charge < -0.3 is 15.8 Å². The molecule has 0 spiro atoms. The minimum Gasteiger partial charge on any atom is -0.457 e. The van der Waals surface area contributed by atoms with E-state index in [9.17, 15) is 4.79 Å². The third-order valence-corrected chi connectivity index (χ3v) is 3.04. The van der Waals surface area contributed by atoms with E-state index in [2.05, 4.69) is 19.2 Å². The van der Waals surface area contributed by atoms with Crippen LogP contribution < -0.4 is 15.8 Å². The molecular weight excluding hydrogens is 264 g/mol. The van der Waals surface area contributed by atoms with Crippen LogP contribution in [0.3, 0.4) is 0 Å². The number of nitrogens with two attached hydrogens (primary N) is 1. The standard InChI is InChI=1S/C17H20N2O2/c1-12(2)19-11-14-5-3-4-6-16(14)21-15-9-7-13(8-10-15)17(18)20/h3-10,12,19H,11H2,1-2H3,(H2,18,20). The molecule has 4 heteroatoms. The van der Waals surface area contributed by atoms with Crippen molar-refractivity contribution in [2.45, 2.75) is 26.4 Å². The monoisotopic (exact) mass is 284 g/mol. The number of hydrogen-bond acceptors (Lipinski definition) is 3. The molecule has 0 fully saturated rings. The van der Waals surface area contributed by atoms with Crippen LogP contribution in [0.5, 0.6) is 11.5 Å². The van der Waals surface area contributed by atoms with Gasteiger partial charge in [0.1, 0.15) is 11.5 Å². The lowest BCUT2D eigenvalue weighted by Crippen LogP contribution is -2.22. The molecule has 0 saturated carbocycles. The Hall–Kier alpha value is -2.33. The van der Waals surface area contributed by atoms with Crippen LogP contribution in [0.1, 0.15) is 29.8 Å². The molecule has 0 aliphatic heterocycles. The predicted molar refractivity (Wildman–Crippen MR) is 83.5 cm³/mol. The minimum atomic E-state index is -0.442. The summed E-state index contributed by atoms with van der Waals surface area (Å²) >= 11 is 0. The number of primary amides is 1. The number of para-hydroxylation sites is 1. The van der Waals surface area contributed by atoms with Gasteiger partial charge in [0.2, 0.25) is 5.91 Å². The number of ether oxygens (including phenoxy) is 1. The van der Waals surface area contributed by atoms with Gasteiger partial charge in [-0.15, -0.1) is 0 Å². The van der Waals surface area contributed by atoms with Crippen molar-refractivity contribution >= 4 is 5.91 Å². The lowest BCUT2D eigenvalue weighted by molar-refractivity contribution is 0.100. The van der Waals surface area contributed by atoms with Gasteiger partial charge in [0.15, 0.2) is 0 Å². The highest BCUT2D eigenvalue weighted by molar-refractivity contribution is 5.92. The smallest absolute Gasteiger partial charge is 0.248 e. The first-order valence-corrected chi connectivity index (χ1v) is 6.95. The van der Waals surface area contributed by atoms with Crippen molar-refractivity contribution in [3.63, 3.8) is 0 Å². The molecular formula is C17H20N2O2. The van der Waals surface area contributed by atoms with Gasteiger partial charge >= 0.3 is 0 Å². The van der Waals surface area contributed by atoms with Crippen LogP contribution in [-0.4, -0.2) is 11.9 Å². The molecule has 0 atom stereocenters. The van der Waals surface area contributed by atoms with Crippen molar-refractivity contribution in [2.75, 3.05) is 0 Å². The summed E-state index contributed by atoms with van der Waals surface area (Å²) in [7, 11) is 0. The minimum absolute atomic E-state index is 0.410. The Labute approximate surface area is 124 Å². The molecule has 0 bridgehead atoms. The van der Waals surface area contributed by atoms with E-state index >= 15 is 0 Å². The zero-order valence-corrected chi connectivity index (χ0v) is 12.3. The van der Waals surface area contributed by atoms with Crippen molar-refractivity contribution in [3.8, 4) is 11.5 Å². The quantitative estimate of drug-likeness (QED) is 0.856. The first-order valence-electron chi connectivity index (χ1n) is 6.95. The second-order valence-corrected chi connectivity index (χ2v) is 5.13. The summed E-state index contributed by atoms with van der Waals surface area (Å²) in [5.41, 5.74) is 6.78. The van der Waals surface area contributed by atoms with Crippen molar-refractivity contribution in [3.05, 3.63) is 59.7 Å². The molecule has 0 radical (unpaired) electrons. The molecule has 0 aromatic heterocycles. The highest BCUT2D eigenvalue weighted by Crippen LogP contribution is 2.25. The number of benzene rings is 2. The molecule has 4 nitrogen and oxygen atoms in total. The van der Waals surface area contributed by atoms with Crippen molar-refractivity contribution in [1.29, 1.82) is 0 Å². The number of carbonyl (C=O) groups excluding carboxylic acids is 1. The van der Waals surface area contributed by atoms with E-state index in [4.69, 9.17) is 10.5 Å². The molecule has 0 unspecified atom stereocenters. The Morgan fingerprint density at radius 2 is 1.81 bits per heavy atom. The van der Waals surface area contributed by atoms with Crippen LogP contribution in [0.25, 0.3) is 0 Å². The van der Waals surface area contributed by atoms with Crippen LogP contribution in [0.4, 0.5) is 0 Å². The van der Waals surface area contributed by atoms with Gasteiger partial charge in [0.05, 0.1) is 0 Å². The van der Waals surface area contributed by atoms with Crippen LogP contribution >= 0.6 is 0 Å². The molecule has 1 amide bonds. The molecule has 2 rings (SSSR count). The van der Waals surface area contributed by atoms with Crippen LogP contribution in [0, 0.1) is 0 Å². The van der Waals surface area contributed by atoms with Gasteiger partial charge in [-0.1, -0.05) is 32.0 Å². The number of amides is 1. The fourth-order valence-electron chi connectivity index (χ4n) is 1.88. The second-order valence-electron chi connectivity index (χ2n) is 5.13. The Kier molecular flexibility index (Phi) is 4.95. The lowest BCUT2D eigenvalue weighted by atomic mass is 10.2. The Balaban J connectivity index is 2.13. The summed E-state index contributed by atoms with van der Waals surface area (Å²) in [5, 5.41) is 3.37. The first-order chi connectivity index (χ1) is 10.1.